The van der Waals surface area contributed by atoms with Gasteiger partial charge in [0.05, 0.1) is 22.5 Å². The monoisotopic (exact) mass is 244 g/mol. The number of nitrogens with zero attached hydrogens (tertiary/aromatic N) is 2. The number of unbranched alkanes of at least 4 members (excludes halogenated alkanes) is 1. The third-order valence-electron chi connectivity index (χ3n) is 2.77. The van der Waals surface area contributed by atoms with Gasteiger partial charge in [0.2, 0.25) is 0 Å². The Morgan fingerprint density at radius 2 is 2.12 bits per heavy atom. The maximum Gasteiger partial charge on any atom is 0.0848 e. The van der Waals surface area contributed by atoms with Gasteiger partial charge >= 0.3 is 0 Å². The van der Waals surface area contributed by atoms with Crippen molar-refractivity contribution in [3.63, 3.8) is 0 Å². The zero-order valence-electron chi connectivity index (χ0n) is 10.3. The summed E-state index contributed by atoms with van der Waals surface area (Å²) in [6.45, 7) is 6.85. The molecule has 0 saturated heterocycles. The Balaban J connectivity index is 2.71. The summed E-state index contributed by atoms with van der Waals surface area (Å²) in [5, 5.41) is 14.9. The smallest absolute Gasteiger partial charge is 0.0848 e. The van der Waals surface area contributed by atoms with Gasteiger partial charge in [0.25, 0.3) is 0 Å². The van der Waals surface area contributed by atoms with E-state index in [4.69, 9.17) is 11.6 Å². The second-order valence-corrected chi connectivity index (χ2v) is 4.54. The summed E-state index contributed by atoms with van der Waals surface area (Å²) in [5.41, 5.74) is 1.81. The van der Waals surface area contributed by atoms with Crippen molar-refractivity contribution >= 4 is 11.6 Å². The summed E-state index contributed by atoms with van der Waals surface area (Å²) in [6.07, 6.45) is 3.29. The van der Waals surface area contributed by atoms with E-state index in [0.29, 0.717) is 11.4 Å². The second-order valence-electron chi connectivity index (χ2n) is 4.16. The molecule has 1 unspecified atom stereocenters. The van der Waals surface area contributed by atoms with E-state index in [2.05, 4.69) is 12.0 Å². The molecule has 0 saturated carbocycles. The maximum absolute atomic E-state index is 9.89. The number of aliphatic hydroxyl groups is 1. The molecule has 0 aliphatic carbocycles. The lowest BCUT2D eigenvalue weighted by atomic mass is 10.1. The average Bonchev–Trinajstić information content (AvgIpc) is 2.54. The first-order chi connectivity index (χ1) is 7.60. The predicted molar refractivity (Wildman–Crippen MR) is 66.9 cm³/mol. The SMILES string of the molecule is CCCCC(O)Cc1c(Cl)c(C)nn1CC. The number of aryl methyl sites for hydroxylation is 2. The summed E-state index contributed by atoms with van der Waals surface area (Å²) in [4.78, 5) is 0. The van der Waals surface area contributed by atoms with Crippen molar-refractivity contribution in [2.45, 2.75) is 59.1 Å². The van der Waals surface area contributed by atoms with Crippen LogP contribution in [0.1, 0.15) is 44.5 Å². The molecule has 1 atom stereocenters. The van der Waals surface area contributed by atoms with Gasteiger partial charge in [-0.05, 0) is 20.3 Å². The van der Waals surface area contributed by atoms with Gasteiger partial charge in [-0.25, -0.2) is 0 Å². The number of hydrogen-bond acceptors (Lipinski definition) is 2. The van der Waals surface area contributed by atoms with Gasteiger partial charge in [0.15, 0.2) is 0 Å². The first-order valence-electron chi connectivity index (χ1n) is 5.99. The molecular weight excluding hydrogens is 224 g/mol. The lowest BCUT2D eigenvalue weighted by Crippen LogP contribution is -2.14. The molecule has 0 radical (unpaired) electrons. The number of halogens is 1. The molecule has 3 nitrogen and oxygen atoms in total. The highest BCUT2D eigenvalue weighted by atomic mass is 35.5. The van der Waals surface area contributed by atoms with Gasteiger partial charge in [0, 0.05) is 13.0 Å². The molecule has 0 aliphatic rings. The van der Waals surface area contributed by atoms with Crippen LogP contribution in [0.5, 0.6) is 0 Å². The van der Waals surface area contributed by atoms with Crippen molar-refractivity contribution in [1.29, 1.82) is 0 Å². The standard InChI is InChI=1S/C12H21ClN2O/c1-4-6-7-10(16)8-11-12(13)9(3)14-15(11)5-2/h10,16H,4-8H2,1-3H3. The number of aromatic nitrogens is 2. The minimum Gasteiger partial charge on any atom is -0.393 e. The molecule has 92 valence electrons. The van der Waals surface area contributed by atoms with Gasteiger partial charge in [-0.15, -0.1) is 0 Å². The van der Waals surface area contributed by atoms with Gasteiger partial charge in [0.1, 0.15) is 0 Å². The van der Waals surface area contributed by atoms with E-state index in [1.807, 2.05) is 18.5 Å². The highest BCUT2D eigenvalue weighted by Crippen LogP contribution is 2.22. The van der Waals surface area contributed by atoms with E-state index in [9.17, 15) is 5.11 Å². The summed E-state index contributed by atoms with van der Waals surface area (Å²) in [6, 6.07) is 0. The topological polar surface area (TPSA) is 38.1 Å². The summed E-state index contributed by atoms with van der Waals surface area (Å²) in [7, 11) is 0. The van der Waals surface area contributed by atoms with Crippen LogP contribution in [0.4, 0.5) is 0 Å². The Labute approximate surface area is 102 Å². The number of aliphatic hydroxyl groups excluding tert-OH is 1. The normalized spacial score (nSPS) is 13.1. The van der Waals surface area contributed by atoms with Crippen LogP contribution >= 0.6 is 11.6 Å². The molecule has 4 heteroatoms. The molecule has 0 bridgehead atoms. The quantitative estimate of drug-likeness (QED) is 0.836. The lowest BCUT2D eigenvalue weighted by Gasteiger charge is -2.11. The van der Waals surface area contributed by atoms with E-state index in [0.717, 1.165) is 37.2 Å². The first kappa shape index (κ1) is 13.5. The van der Waals surface area contributed by atoms with Crippen molar-refractivity contribution in [1.82, 2.24) is 9.78 Å². The van der Waals surface area contributed by atoms with Crippen LogP contribution in [0, 0.1) is 6.92 Å². The predicted octanol–water partition coefficient (Wildman–Crippen LogP) is 2.96. The fourth-order valence-corrected chi connectivity index (χ4v) is 2.04. The third kappa shape index (κ3) is 3.22. The molecule has 0 aliphatic heterocycles. The molecule has 0 aromatic carbocycles. The van der Waals surface area contributed by atoms with E-state index in [-0.39, 0.29) is 6.10 Å². The fraction of sp³-hybridized carbons (Fsp3) is 0.750. The Morgan fingerprint density at radius 1 is 1.44 bits per heavy atom. The zero-order chi connectivity index (χ0) is 12.1. The Hall–Kier alpha value is -0.540. The molecule has 1 aromatic heterocycles. The molecule has 1 heterocycles. The number of rotatable bonds is 6. The summed E-state index contributed by atoms with van der Waals surface area (Å²) < 4.78 is 1.88. The Kier molecular flexibility index (Phi) is 5.29. The molecule has 0 spiro atoms. The summed E-state index contributed by atoms with van der Waals surface area (Å²) in [5.74, 6) is 0. The van der Waals surface area contributed by atoms with Gasteiger partial charge in [-0.1, -0.05) is 31.4 Å². The van der Waals surface area contributed by atoms with Gasteiger partial charge in [-0.3, -0.25) is 4.68 Å². The van der Waals surface area contributed by atoms with E-state index in [1.165, 1.54) is 0 Å². The van der Waals surface area contributed by atoms with Crippen molar-refractivity contribution in [3.8, 4) is 0 Å². The van der Waals surface area contributed by atoms with Crippen LogP contribution < -0.4 is 0 Å². The first-order valence-corrected chi connectivity index (χ1v) is 6.37. The maximum atomic E-state index is 9.89. The summed E-state index contributed by atoms with van der Waals surface area (Å²) >= 11 is 6.18. The average molecular weight is 245 g/mol. The van der Waals surface area contributed by atoms with Crippen LogP contribution in [-0.4, -0.2) is 21.0 Å². The Bertz CT molecular complexity index is 336. The molecule has 1 aromatic rings. The van der Waals surface area contributed by atoms with E-state index in [1.54, 1.807) is 0 Å². The van der Waals surface area contributed by atoms with Crippen molar-refractivity contribution in [2.75, 3.05) is 0 Å². The molecule has 1 rings (SSSR count). The fourth-order valence-electron chi connectivity index (χ4n) is 1.83. The van der Waals surface area contributed by atoms with Crippen LogP contribution in [0.2, 0.25) is 5.02 Å². The van der Waals surface area contributed by atoms with Crippen LogP contribution in [0.25, 0.3) is 0 Å². The molecule has 0 fully saturated rings. The lowest BCUT2D eigenvalue weighted by molar-refractivity contribution is 0.159. The van der Waals surface area contributed by atoms with E-state index >= 15 is 0 Å². The molecular formula is C12H21ClN2O. The van der Waals surface area contributed by atoms with Crippen LogP contribution in [-0.2, 0) is 13.0 Å². The molecule has 1 N–H and O–H groups in total. The minimum absolute atomic E-state index is 0.307. The zero-order valence-corrected chi connectivity index (χ0v) is 11.1. The Morgan fingerprint density at radius 3 is 2.69 bits per heavy atom. The van der Waals surface area contributed by atoms with Crippen molar-refractivity contribution < 1.29 is 5.11 Å². The third-order valence-corrected chi connectivity index (χ3v) is 3.26. The van der Waals surface area contributed by atoms with Gasteiger partial charge in [-0.2, -0.15) is 5.10 Å². The van der Waals surface area contributed by atoms with Crippen LogP contribution in [0.15, 0.2) is 0 Å². The number of hydrogen-bond donors (Lipinski definition) is 1. The second kappa shape index (κ2) is 6.26. The molecule has 0 amide bonds. The largest absolute Gasteiger partial charge is 0.393 e. The highest BCUT2D eigenvalue weighted by molar-refractivity contribution is 6.31. The minimum atomic E-state index is -0.307. The van der Waals surface area contributed by atoms with Gasteiger partial charge < -0.3 is 5.11 Å². The molecule has 16 heavy (non-hydrogen) atoms. The van der Waals surface area contributed by atoms with E-state index < -0.39 is 0 Å². The van der Waals surface area contributed by atoms with Crippen molar-refractivity contribution in [2.24, 2.45) is 0 Å². The highest BCUT2D eigenvalue weighted by Gasteiger charge is 2.15. The van der Waals surface area contributed by atoms with Crippen LogP contribution in [0.3, 0.4) is 0 Å². The van der Waals surface area contributed by atoms with Crippen molar-refractivity contribution in [3.05, 3.63) is 16.4 Å².